The number of ketones is 2. The summed E-state index contributed by atoms with van der Waals surface area (Å²) in [4.78, 5) is 37.7. The van der Waals surface area contributed by atoms with Crippen LogP contribution in [0.4, 0.5) is 4.39 Å². The SMILES string of the molecule is CC1CC2C3CCC4=CC(=O)C=C[C@]4(C)C3(F)C(O)C[C@]2(C)C1(O)C(=O)COC(=O)c1cccc(S(=O)(=O)O)c1. The number of ether oxygens (including phenoxy) is 1. The maximum absolute atomic E-state index is 17.3. The van der Waals surface area contributed by atoms with Crippen LogP contribution in [0.1, 0.15) is 56.8 Å². The number of rotatable bonds is 5. The lowest BCUT2D eigenvalue weighted by Gasteiger charge is -2.62. The summed E-state index contributed by atoms with van der Waals surface area (Å²) in [7, 11) is -4.57. The summed E-state index contributed by atoms with van der Waals surface area (Å²) < 4.78 is 54.4. The fourth-order valence-electron chi connectivity index (χ4n) is 8.25. The number of carbonyl (C=O) groups is 3. The van der Waals surface area contributed by atoms with Crippen molar-refractivity contribution in [1.82, 2.24) is 0 Å². The van der Waals surface area contributed by atoms with Crippen molar-refractivity contribution in [3.8, 4) is 0 Å². The van der Waals surface area contributed by atoms with E-state index in [-0.39, 0.29) is 17.8 Å². The summed E-state index contributed by atoms with van der Waals surface area (Å²) in [5.41, 5.74) is -6.17. The highest BCUT2D eigenvalue weighted by molar-refractivity contribution is 7.85. The minimum atomic E-state index is -4.57. The Kier molecular flexibility index (Phi) is 6.58. The molecule has 0 radical (unpaired) electrons. The van der Waals surface area contributed by atoms with Crippen LogP contribution in [0.5, 0.6) is 0 Å². The quantitative estimate of drug-likeness (QED) is 0.354. The van der Waals surface area contributed by atoms with Crippen molar-refractivity contribution in [2.75, 3.05) is 6.61 Å². The number of hydrogen-bond acceptors (Lipinski definition) is 8. The molecule has 3 fully saturated rings. The van der Waals surface area contributed by atoms with Gasteiger partial charge in [0.05, 0.1) is 16.6 Å². The third-order valence-corrected chi connectivity index (χ3v) is 11.2. The first-order valence-corrected chi connectivity index (χ1v) is 14.8. The molecule has 0 heterocycles. The molecule has 1 aromatic rings. The van der Waals surface area contributed by atoms with Crippen LogP contribution in [0.25, 0.3) is 0 Å². The van der Waals surface area contributed by atoms with Gasteiger partial charge in [-0.2, -0.15) is 8.42 Å². The average Bonchev–Trinajstić information content (AvgIpc) is 3.09. The average molecular weight is 577 g/mol. The molecule has 0 aliphatic heterocycles. The lowest BCUT2D eigenvalue weighted by molar-refractivity contribution is -0.219. The number of fused-ring (bicyclic) bond motifs is 5. The van der Waals surface area contributed by atoms with Gasteiger partial charge in [-0.15, -0.1) is 0 Å². The Labute approximate surface area is 231 Å². The predicted octanol–water partition coefficient (Wildman–Crippen LogP) is 3.01. The third kappa shape index (κ3) is 3.81. The maximum Gasteiger partial charge on any atom is 0.338 e. The van der Waals surface area contributed by atoms with Gasteiger partial charge in [-0.3, -0.25) is 14.1 Å². The summed E-state index contributed by atoms with van der Waals surface area (Å²) in [5, 5.41) is 23.4. The second-order valence-corrected chi connectivity index (χ2v) is 13.6. The Balaban J connectivity index is 1.41. The Hall–Kier alpha value is -2.73. The number of benzene rings is 1. The van der Waals surface area contributed by atoms with Gasteiger partial charge in [0.2, 0.25) is 5.78 Å². The van der Waals surface area contributed by atoms with Crippen LogP contribution >= 0.6 is 0 Å². The minimum Gasteiger partial charge on any atom is -0.454 e. The third-order valence-electron chi connectivity index (χ3n) is 10.3. The molecule has 0 aromatic heterocycles. The van der Waals surface area contributed by atoms with E-state index >= 15 is 4.39 Å². The van der Waals surface area contributed by atoms with E-state index in [4.69, 9.17) is 4.74 Å². The number of halogens is 1. The first kappa shape index (κ1) is 28.8. The van der Waals surface area contributed by atoms with Gasteiger partial charge in [0.25, 0.3) is 10.1 Å². The molecule has 0 bridgehead atoms. The number of aliphatic hydroxyl groups excluding tert-OH is 1. The van der Waals surface area contributed by atoms with E-state index in [0.29, 0.717) is 24.8 Å². The van der Waals surface area contributed by atoms with E-state index in [2.05, 4.69) is 0 Å². The molecule has 1 aromatic carbocycles. The van der Waals surface area contributed by atoms with Gasteiger partial charge in [0, 0.05) is 16.7 Å². The van der Waals surface area contributed by atoms with Crippen molar-refractivity contribution in [2.45, 2.75) is 68.7 Å². The molecule has 3 N–H and O–H groups in total. The normalized spacial score (nSPS) is 40.5. The molecular formula is C29H33FO9S. The van der Waals surface area contributed by atoms with Crippen molar-refractivity contribution in [3.05, 3.63) is 53.6 Å². The van der Waals surface area contributed by atoms with E-state index in [9.17, 15) is 37.6 Å². The van der Waals surface area contributed by atoms with E-state index in [0.717, 1.165) is 12.1 Å². The lowest BCUT2D eigenvalue weighted by atomic mass is 9.44. The van der Waals surface area contributed by atoms with E-state index in [1.54, 1.807) is 20.8 Å². The minimum absolute atomic E-state index is 0.216. The fraction of sp³-hybridized carbons (Fsp3) is 0.552. The predicted molar refractivity (Wildman–Crippen MR) is 139 cm³/mol. The number of alkyl halides is 1. The molecule has 5 rings (SSSR count). The van der Waals surface area contributed by atoms with Crippen molar-refractivity contribution < 1.29 is 46.7 Å². The molecule has 11 heteroatoms. The van der Waals surface area contributed by atoms with Crippen LogP contribution in [0, 0.1) is 28.6 Å². The van der Waals surface area contributed by atoms with Crippen molar-refractivity contribution in [3.63, 3.8) is 0 Å². The Morgan fingerprint density at radius 2 is 1.90 bits per heavy atom. The molecule has 3 saturated carbocycles. The summed E-state index contributed by atoms with van der Waals surface area (Å²) in [5.74, 6) is -3.86. The monoisotopic (exact) mass is 576 g/mol. The molecule has 8 atom stereocenters. The molecule has 6 unspecified atom stereocenters. The number of aliphatic hydroxyl groups is 2. The number of hydrogen-bond donors (Lipinski definition) is 3. The van der Waals surface area contributed by atoms with Crippen LogP contribution in [-0.4, -0.2) is 64.7 Å². The van der Waals surface area contributed by atoms with Crippen LogP contribution in [0.3, 0.4) is 0 Å². The molecule has 40 heavy (non-hydrogen) atoms. The van der Waals surface area contributed by atoms with Crippen molar-refractivity contribution >= 4 is 27.7 Å². The Morgan fingerprint density at radius 1 is 1.20 bits per heavy atom. The smallest absolute Gasteiger partial charge is 0.338 e. The zero-order valence-electron chi connectivity index (χ0n) is 22.5. The molecule has 0 saturated heterocycles. The maximum atomic E-state index is 17.3. The fourth-order valence-corrected chi connectivity index (χ4v) is 8.77. The lowest BCUT2D eigenvalue weighted by Crippen LogP contribution is -2.69. The second kappa shape index (κ2) is 9.14. The van der Waals surface area contributed by atoms with Gasteiger partial charge in [0.15, 0.2) is 18.1 Å². The summed E-state index contributed by atoms with van der Waals surface area (Å²) in [6.45, 7) is 4.22. The summed E-state index contributed by atoms with van der Waals surface area (Å²) in [6.07, 6.45) is 3.64. The first-order chi connectivity index (χ1) is 18.5. The summed E-state index contributed by atoms with van der Waals surface area (Å²) in [6, 6.07) is 4.48. The molecule has 9 nitrogen and oxygen atoms in total. The zero-order chi connectivity index (χ0) is 29.5. The van der Waals surface area contributed by atoms with Gasteiger partial charge >= 0.3 is 5.97 Å². The van der Waals surface area contributed by atoms with E-state index in [1.165, 1.54) is 30.4 Å². The highest BCUT2D eigenvalue weighted by Crippen LogP contribution is 2.70. The van der Waals surface area contributed by atoms with Crippen molar-refractivity contribution in [2.24, 2.45) is 28.6 Å². The molecule has 0 spiro atoms. The molecule has 4 aliphatic rings. The number of allylic oxidation sites excluding steroid dienone is 4. The van der Waals surface area contributed by atoms with Crippen LogP contribution in [-0.2, 0) is 24.4 Å². The van der Waals surface area contributed by atoms with Gasteiger partial charge in [-0.1, -0.05) is 31.6 Å². The first-order valence-electron chi connectivity index (χ1n) is 13.3. The number of esters is 1. The van der Waals surface area contributed by atoms with Gasteiger partial charge < -0.3 is 14.9 Å². The molecule has 0 amide bonds. The number of carbonyl (C=O) groups excluding carboxylic acids is 3. The van der Waals surface area contributed by atoms with Gasteiger partial charge in [-0.05, 0) is 74.8 Å². The largest absolute Gasteiger partial charge is 0.454 e. The van der Waals surface area contributed by atoms with Crippen LogP contribution in [0.2, 0.25) is 0 Å². The zero-order valence-corrected chi connectivity index (χ0v) is 23.3. The van der Waals surface area contributed by atoms with E-state index < -0.39 is 79.3 Å². The highest BCUT2D eigenvalue weighted by atomic mass is 32.2. The van der Waals surface area contributed by atoms with E-state index in [1.807, 2.05) is 0 Å². The molecule has 216 valence electrons. The highest BCUT2D eigenvalue weighted by Gasteiger charge is 2.75. The van der Waals surface area contributed by atoms with Crippen molar-refractivity contribution in [1.29, 1.82) is 0 Å². The summed E-state index contributed by atoms with van der Waals surface area (Å²) >= 11 is 0. The van der Waals surface area contributed by atoms with Gasteiger partial charge in [-0.25, -0.2) is 9.18 Å². The Bertz CT molecular complexity index is 1470. The topological polar surface area (TPSA) is 155 Å². The second-order valence-electron chi connectivity index (χ2n) is 12.2. The van der Waals surface area contributed by atoms with Crippen LogP contribution in [0.15, 0.2) is 53.0 Å². The molecular weight excluding hydrogens is 543 g/mol. The van der Waals surface area contributed by atoms with Gasteiger partial charge in [0.1, 0.15) is 5.60 Å². The molecule has 4 aliphatic carbocycles. The number of Topliss-reactive ketones (excluding diaryl/α,β-unsaturated/α-hetero) is 1. The van der Waals surface area contributed by atoms with Crippen LogP contribution < -0.4 is 0 Å². The standard InChI is InChI=1S/C29H33FO9S/c1-16-11-22-21-8-7-18-13-19(31)9-10-26(18,2)28(21,30)23(32)14-27(22,3)29(16,35)24(33)15-39-25(34)17-5-4-6-20(12-17)40(36,37)38/h4-6,9-10,12-13,16,21-23,32,35H,7-8,11,14-15H2,1-3H3,(H,36,37,38)/t16?,21?,22?,23?,26-,27-,28?,29?/m0/s1. The Morgan fingerprint density at radius 3 is 2.58 bits per heavy atom.